The summed E-state index contributed by atoms with van der Waals surface area (Å²) >= 11 is 0. The Morgan fingerprint density at radius 2 is 0.402 bits per heavy atom. The molecule has 0 aliphatic heterocycles. The van der Waals surface area contributed by atoms with E-state index in [1.807, 2.05) is 0 Å². The van der Waals surface area contributed by atoms with Crippen LogP contribution in [0.4, 0.5) is 34.1 Å². The maximum Gasteiger partial charge on any atom is 0.0619 e. The molecule has 0 saturated carbocycles. The molecule has 16 rings (SSSR count). The van der Waals surface area contributed by atoms with Crippen LogP contribution in [0, 0.1) is 0 Å². The number of rotatable bonds is 15. The first-order valence-electron chi connectivity index (χ1n) is 31.5. The number of para-hydroxylation sites is 2. The minimum absolute atomic E-state index is 1.07. The molecular formula is C88H62N4. The lowest BCUT2D eigenvalue weighted by Crippen LogP contribution is -2.10. The molecule has 0 saturated heterocycles. The lowest BCUT2D eigenvalue weighted by atomic mass is 9.94. The Balaban J connectivity index is 0.840. The number of hydrogen-bond donors (Lipinski definition) is 0. The second-order valence-corrected chi connectivity index (χ2v) is 23.2. The van der Waals surface area contributed by atoms with E-state index in [2.05, 4.69) is 395 Å². The minimum Gasteiger partial charge on any atom is -0.311 e. The smallest absolute Gasteiger partial charge is 0.0619 e. The summed E-state index contributed by atoms with van der Waals surface area (Å²) in [6.07, 6.45) is 0. The van der Waals surface area contributed by atoms with Crippen LogP contribution in [-0.4, -0.2) is 9.13 Å². The first-order valence-corrected chi connectivity index (χ1v) is 31.5. The van der Waals surface area contributed by atoms with Crippen molar-refractivity contribution in [2.75, 3.05) is 9.80 Å². The molecule has 14 aromatic carbocycles. The molecule has 2 aromatic heterocycles. The number of fused-ring (bicyclic) bond motifs is 2. The van der Waals surface area contributed by atoms with E-state index in [1.54, 1.807) is 0 Å². The summed E-state index contributed by atoms with van der Waals surface area (Å²) in [6, 6.07) is 136. The van der Waals surface area contributed by atoms with E-state index in [4.69, 9.17) is 0 Å². The molecule has 0 N–H and O–H groups in total. The quantitative estimate of drug-likeness (QED) is 0.102. The Bertz CT molecular complexity index is 4840. The summed E-state index contributed by atoms with van der Waals surface area (Å²) in [5.74, 6) is 0. The van der Waals surface area contributed by atoms with Crippen molar-refractivity contribution in [3.05, 3.63) is 376 Å². The summed E-state index contributed by atoms with van der Waals surface area (Å²) in [4.78, 5) is 4.68. The van der Waals surface area contributed by atoms with Gasteiger partial charge in [-0.25, -0.2) is 0 Å². The van der Waals surface area contributed by atoms with Crippen molar-refractivity contribution in [1.29, 1.82) is 0 Å². The normalized spacial score (nSPS) is 11.3. The standard InChI is InChI=1S/C88H62N4/c1-9-25-63(26-10-1)65-41-47-75(48-42-65)89(73-37-21-7-22-38-73)77-51-55-79(56-52-77)91-83-59-45-71(61-81(83)85(67-29-13-3-14-30-67)87(91)69-33-17-5-18-34-69)72-46-60-84-82(62-72)86(68-31-15-4-16-32-68)88(70-35-19-6-20-36-70)92(84)80-57-53-78(54-58-80)90(74-39-23-8-24-40-74)76-49-43-66(44-50-76)64-27-11-2-12-28-64/h1-62H. The Kier molecular flexibility index (Phi) is 14.6. The van der Waals surface area contributed by atoms with Gasteiger partial charge in [-0.3, -0.25) is 0 Å². The predicted octanol–water partition coefficient (Wildman–Crippen LogP) is 24.2. The molecule has 434 valence electrons. The van der Waals surface area contributed by atoms with E-state index in [-0.39, 0.29) is 0 Å². The fraction of sp³-hybridized carbons (Fsp3) is 0. The molecule has 0 bridgehead atoms. The molecule has 0 fully saturated rings. The second-order valence-electron chi connectivity index (χ2n) is 23.2. The Hall–Kier alpha value is -12.2. The molecule has 0 spiro atoms. The van der Waals surface area contributed by atoms with Gasteiger partial charge in [-0.05, 0) is 177 Å². The van der Waals surface area contributed by atoms with Crippen LogP contribution in [0.15, 0.2) is 376 Å². The zero-order chi connectivity index (χ0) is 61.2. The zero-order valence-corrected chi connectivity index (χ0v) is 50.6. The van der Waals surface area contributed by atoms with Crippen molar-refractivity contribution in [3.8, 4) is 89.5 Å². The van der Waals surface area contributed by atoms with E-state index >= 15 is 0 Å². The van der Waals surface area contributed by atoms with Crippen LogP contribution in [-0.2, 0) is 0 Å². The summed E-state index contributed by atoms with van der Waals surface area (Å²) in [6.45, 7) is 0. The highest BCUT2D eigenvalue weighted by Crippen LogP contribution is 2.48. The average molecular weight is 1180 g/mol. The van der Waals surface area contributed by atoms with E-state index < -0.39 is 0 Å². The highest BCUT2D eigenvalue weighted by molar-refractivity contribution is 6.10. The van der Waals surface area contributed by atoms with E-state index in [0.29, 0.717) is 0 Å². The molecule has 0 atom stereocenters. The minimum atomic E-state index is 1.07. The van der Waals surface area contributed by atoms with Gasteiger partial charge in [0, 0.05) is 67.4 Å². The number of nitrogens with zero attached hydrogens (tertiary/aromatic N) is 4. The fourth-order valence-electron chi connectivity index (χ4n) is 13.4. The lowest BCUT2D eigenvalue weighted by Gasteiger charge is -2.26. The van der Waals surface area contributed by atoms with Crippen LogP contribution in [0.1, 0.15) is 0 Å². The molecule has 4 nitrogen and oxygen atoms in total. The maximum atomic E-state index is 2.47. The average Bonchev–Trinajstić information content (AvgIpc) is 1.63. The molecule has 0 aliphatic rings. The Labute approximate surface area is 537 Å². The van der Waals surface area contributed by atoms with Gasteiger partial charge in [0.15, 0.2) is 0 Å². The monoisotopic (exact) mass is 1170 g/mol. The molecule has 16 aromatic rings. The summed E-state index contributed by atoms with van der Waals surface area (Å²) < 4.78 is 4.94. The predicted molar refractivity (Wildman–Crippen MR) is 388 cm³/mol. The zero-order valence-electron chi connectivity index (χ0n) is 50.6. The van der Waals surface area contributed by atoms with Gasteiger partial charge < -0.3 is 18.9 Å². The van der Waals surface area contributed by atoms with E-state index in [1.165, 1.54) is 44.2 Å². The topological polar surface area (TPSA) is 16.3 Å². The maximum absolute atomic E-state index is 2.47. The first kappa shape index (κ1) is 55.1. The van der Waals surface area contributed by atoms with Gasteiger partial charge in [-0.15, -0.1) is 0 Å². The highest BCUT2D eigenvalue weighted by atomic mass is 15.1. The van der Waals surface area contributed by atoms with E-state index in [0.717, 1.165) is 101 Å². The molecule has 0 radical (unpaired) electrons. The number of aromatic nitrogens is 2. The lowest BCUT2D eigenvalue weighted by molar-refractivity contribution is 1.13. The third kappa shape index (κ3) is 10.4. The fourth-order valence-corrected chi connectivity index (χ4v) is 13.4. The molecule has 4 heteroatoms. The van der Waals surface area contributed by atoms with Crippen molar-refractivity contribution >= 4 is 55.9 Å². The second kappa shape index (κ2) is 24.4. The van der Waals surface area contributed by atoms with Crippen LogP contribution < -0.4 is 9.80 Å². The molecule has 0 aliphatic carbocycles. The van der Waals surface area contributed by atoms with Gasteiger partial charge in [0.2, 0.25) is 0 Å². The summed E-state index contributed by atoms with van der Waals surface area (Å²) in [5, 5.41) is 2.34. The van der Waals surface area contributed by atoms with Gasteiger partial charge in [-0.2, -0.15) is 0 Å². The van der Waals surface area contributed by atoms with Crippen LogP contribution >= 0.6 is 0 Å². The van der Waals surface area contributed by atoms with Crippen molar-refractivity contribution in [2.24, 2.45) is 0 Å². The summed E-state index contributed by atoms with van der Waals surface area (Å²) in [5.41, 5.74) is 27.1. The first-order chi connectivity index (χ1) is 45.7. The van der Waals surface area contributed by atoms with Crippen molar-refractivity contribution < 1.29 is 0 Å². The molecule has 0 amide bonds. The molecular weight excluding hydrogens is 1110 g/mol. The Morgan fingerprint density at radius 3 is 0.707 bits per heavy atom. The van der Waals surface area contributed by atoms with Gasteiger partial charge in [0.25, 0.3) is 0 Å². The van der Waals surface area contributed by atoms with Crippen LogP contribution in [0.25, 0.3) is 111 Å². The van der Waals surface area contributed by atoms with Crippen LogP contribution in [0.5, 0.6) is 0 Å². The molecule has 2 heterocycles. The molecule has 92 heavy (non-hydrogen) atoms. The van der Waals surface area contributed by atoms with Gasteiger partial charge in [0.1, 0.15) is 0 Å². The Morgan fingerprint density at radius 1 is 0.174 bits per heavy atom. The van der Waals surface area contributed by atoms with Crippen molar-refractivity contribution in [3.63, 3.8) is 0 Å². The number of hydrogen-bond acceptors (Lipinski definition) is 2. The highest BCUT2D eigenvalue weighted by Gasteiger charge is 2.26. The number of benzene rings is 14. The van der Waals surface area contributed by atoms with Gasteiger partial charge in [-0.1, -0.05) is 255 Å². The third-order valence-corrected chi connectivity index (χ3v) is 17.7. The third-order valence-electron chi connectivity index (χ3n) is 17.7. The summed E-state index contributed by atoms with van der Waals surface area (Å²) in [7, 11) is 0. The van der Waals surface area contributed by atoms with Crippen LogP contribution in [0.2, 0.25) is 0 Å². The largest absolute Gasteiger partial charge is 0.311 e. The molecule has 0 unspecified atom stereocenters. The van der Waals surface area contributed by atoms with Crippen LogP contribution in [0.3, 0.4) is 0 Å². The van der Waals surface area contributed by atoms with Gasteiger partial charge in [0.05, 0.1) is 22.4 Å². The SMILES string of the molecule is c1ccc(-c2ccc(N(c3ccccc3)c3ccc(-n4c(-c5ccccc5)c(-c5ccccc5)c5cc(-c6ccc7c(c6)c(-c6ccccc6)c(-c6ccccc6)n7-c6ccc(N(c7ccccc7)c7ccc(-c8ccccc8)cc7)cc6)ccc54)cc3)cc2)cc1. The van der Waals surface area contributed by atoms with Crippen molar-refractivity contribution in [2.45, 2.75) is 0 Å². The van der Waals surface area contributed by atoms with Crippen molar-refractivity contribution in [1.82, 2.24) is 9.13 Å². The van der Waals surface area contributed by atoms with E-state index in [9.17, 15) is 0 Å². The number of anilines is 6. The van der Waals surface area contributed by atoms with Gasteiger partial charge >= 0.3 is 0 Å².